The highest BCUT2D eigenvalue weighted by Crippen LogP contribution is 2.29. The number of nitrogens with zero attached hydrogens (tertiary/aromatic N) is 2. The maximum atomic E-state index is 11.9. The van der Waals surface area contributed by atoms with Crippen LogP contribution >= 0.6 is 0 Å². The zero-order valence-corrected chi connectivity index (χ0v) is 10.4. The number of carbonyl (C=O) groups is 1. The first-order chi connectivity index (χ1) is 7.93. The van der Waals surface area contributed by atoms with Gasteiger partial charge in [0.25, 0.3) is 0 Å². The van der Waals surface area contributed by atoms with Crippen molar-refractivity contribution in [1.29, 1.82) is 0 Å². The first kappa shape index (κ1) is 11.7. The third-order valence-corrected chi connectivity index (χ3v) is 3.15. The average molecular weight is 234 g/mol. The topological polar surface area (TPSA) is 71.2 Å². The molecule has 5 heteroatoms. The number of pyridine rings is 1. The van der Waals surface area contributed by atoms with Crippen LogP contribution < -0.4 is 16.0 Å². The Morgan fingerprint density at radius 1 is 1.47 bits per heavy atom. The van der Waals surface area contributed by atoms with Crippen LogP contribution in [-0.4, -0.2) is 29.5 Å². The van der Waals surface area contributed by atoms with Gasteiger partial charge in [0, 0.05) is 18.8 Å². The van der Waals surface area contributed by atoms with E-state index in [2.05, 4.69) is 10.3 Å². The van der Waals surface area contributed by atoms with Crippen molar-refractivity contribution in [2.24, 2.45) is 0 Å². The number of aryl methyl sites for hydroxylation is 1. The molecule has 5 nitrogen and oxygen atoms in total. The van der Waals surface area contributed by atoms with E-state index in [1.165, 1.54) is 0 Å². The van der Waals surface area contributed by atoms with Crippen LogP contribution in [0.5, 0.6) is 0 Å². The Kier molecular flexibility index (Phi) is 2.69. The summed E-state index contributed by atoms with van der Waals surface area (Å²) in [6.07, 6.45) is 0. The summed E-state index contributed by atoms with van der Waals surface area (Å²) in [5.41, 5.74) is 6.84. The molecule has 1 aromatic rings. The molecule has 0 saturated carbocycles. The van der Waals surface area contributed by atoms with Crippen LogP contribution in [0.2, 0.25) is 0 Å². The molecule has 1 fully saturated rings. The second-order valence-corrected chi connectivity index (χ2v) is 4.83. The molecular weight excluding hydrogens is 216 g/mol. The summed E-state index contributed by atoms with van der Waals surface area (Å²) < 4.78 is 0. The molecule has 0 aromatic carbocycles. The van der Waals surface area contributed by atoms with Gasteiger partial charge in [-0.1, -0.05) is 0 Å². The number of amides is 1. The zero-order chi connectivity index (χ0) is 12.6. The van der Waals surface area contributed by atoms with Crippen LogP contribution in [0.15, 0.2) is 12.1 Å². The molecular formula is C12H18N4O. The molecule has 1 saturated heterocycles. The first-order valence-corrected chi connectivity index (χ1v) is 5.72. The van der Waals surface area contributed by atoms with Crippen LogP contribution in [-0.2, 0) is 4.79 Å². The lowest BCUT2D eigenvalue weighted by Crippen LogP contribution is -2.62. The second-order valence-electron chi connectivity index (χ2n) is 4.83. The van der Waals surface area contributed by atoms with Crippen molar-refractivity contribution < 1.29 is 4.79 Å². The molecule has 0 radical (unpaired) electrons. The van der Waals surface area contributed by atoms with Crippen LogP contribution in [0.1, 0.15) is 19.5 Å². The Bertz CT molecular complexity index is 456. The number of aromatic nitrogens is 1. The molecule has 1 aliphatic rings. The monoisotopic (exact) mass is 234 g/mol. The molecule has 0 spiro atoms. The van der Waals surface area contributed by atoms with E-state index in [-0.39, 0.29) is 5.91 Å². The third-order valence-electron chi connectivity index (χ3n) is 3.15. The summed E-state index contributed by atoms with van der Waals surface area (Å²) in [6, 6.07) is 3.70. The van der Waals surface area contributed by atoms with E-state index in [0.29, 0.717) is 18.1 Å². The summed E-state index contributed by atoms with van der Waals surface area (Å²) in [4.78, 5) is 18.3. The van der Waals surface area contributed by atoms with E-state index < -0.39 is 5.54 Å². The molecule has 2 rings (SSSR count). The fourth-order valence-corrected chi connectivity index (χ4v) is 2.04. The van der Waals surface area contributed by atoms with Gasteiger partial charge in [-0.3, -0.25) is 4.79 Å². The SMILES string of the molecule is Cc1ccc(N)c(N2CCNC(=O)C2(C)C)n1. The molecule has 1 aliphatic heterocycles. The number of hydrogen-bond acceptors (Lipinski definition) is 4. The lowest BCUT2D eigenvalue weighted by molar-refractivity contribution is -0.126. The lowest BCUT2D eigenvalue weighted by Gasteiger charge is -2.42. The van der Waals surface area contributed by atoms with Gasteiger partial charge in [-0.25, -0.2) is 4.98 Å². The van der Waals surface area contributed by atoms with E-state index >= 15 is 0 Å². The highest BCUT2D eigenvalue weighted by molar-refractivity contribution is 5.91. The molecule has 17 heavy (non-hydrogen) atoms. The second kappa shape index (κ2) is 3.91. The summed E-state index contributed by atoms with van der Waals surface area (Å²) in [6.45, 7) is 7.02. The number of carbonyl (C=O) groups excluding carboxylic acids is 1. The minimum atomic E-state index is -0.618. The van der Waals surface area contributed by atoms with Gasteiger partial charge in [0.2, 0.25) is 5.91 Å². The van der Waals surface area contributed by atoms with Gasteiger partial charge in [0.1, 0.15) is 5.54 Å². The summed E-state index contributed by atoms with van der Waals surface area (Å²) in [5.74, 6) is 0.705. The van der Waals surface area contributed by atoms with Crippen LogP contribution in [0.4, 0.5) is 11.5 Å². The van der Waals surface area contributed by atoms with E-state index in [0.717, 1.165) is 12.2 Å². The quantitative estimate of drug-likeness (QED) is 0.750. The summed E-state index contributed by atoms with van der Waals surface area (Å²) in [5, 5.41) is 2.86. The number of piperazine rings is 1. The first-order valence-electron chi connectivity index (χ1n) is 5.72. The number of anilines is 2. The number of hydrogen-bond donors (Lipinski definition) is 2. The largest absolute Gasteiger partial charge is 0.396 e. The molecule has 92 valence electrons. The third kappa shape index (κ3) is 1.92. The highest BCUT2D eigenvalue weighted by Gasteiger charge is 2.39. The Labute approximate surface area is 101 Å². The van der Waals surface area contributed by atoms with E-state index in [1.807, 2.05) is 37.8 Å². The minimum absolute atomic E-state index is 0.00598. The van der Waals surface area contributed by atoms with E-state index in [9.17, 15) is 4.79 Å². The molecule has 3 N–H and O–H groups in total. The van der Waals surface area contributed by atoms with Crippen molar-refractivity contribution >= 4 is 17.4 Å². The molecule has 2 heterocycles. The van der Waals surface area contributed by atoms with Gasteiger partial charge in [-0.2, -0.15) is 0 Å². The lowest BCUT2D eigenvalue weighted by atomic mass is 9.98. The molecule has 0 unspecified atom stereocenters. The van der Waals surface area contributed by atoms with Crippen molar-refractivity contribution in [3.8, 4) is 0 Å². The minimum Gasteiger partial charge on any atom is -0.396 e. The van der Waals surface area contributed by atoms with Crippen molar-refractivity contribution in [3.63, 3.8) is 0 Å². The number of nitrogens with one attached hydrogen (secondary N) is 1. The van der Waals surface area contributed by atoms with Crippen LogP contribution in [0.25, 0.3) is 0 Å². The van der Waals surface area contributed by atoms with Gasteiger partial charge in [0.05, 0.1) is 5.69 Å². The fraction of sp³-hybridized carbons (Fsp3) is 0.500. The predicted octanol–water partition coefficient (Wildman–Crippen LogP) is 0.687. The average Bonchev–Trinajstić information content (AvgIpc) is 2.26. The van der Waals surface area contributed by atoms with Gasteiger partial charge in [-0.15, -0.1) is 0 Å². The Hall–Kier alpha value is -1.78. The van der Waals surface area contributed by atoms with Gasteiger partial charge < -0.3 is 16.0 Å². The Morgan fingerprint density at radius 2 is 2.18 bits per heavy atom. The normalized spacial score (nSPS) is 19.0. The maximum absolute atomic E-state index is 11.9. The molecule has 1 amide bonds. The highest BCUT2D eigenvalue weighted by atomic mass is 16.2. The standard InChI is InChI=1S/C12H18N4O/c1-8-4-5-9(13)10(15-8)16-7-6-14-11(17)12(16,2)3/h4-5H,6-7,13H2,1-3H3,(H,14,17). The van der Waals surface area contributed by atoms with E-state index in [1.54, 1.807) is 0 Å². The molecule has 1 aromatic heterocycles. The number of nitrogens with two attached hydrogens (primary N) is 1. The Balaban J connectivity index is 2.44. The van der Waals surface area contributed by atoms with Crippen molar-refractivity contribution in [2.75, 3.05) is 23.7 Å². The van der Waals surface area contributed by atoms with Gasteiger partial charge in [-0.05, 0) is 32.9 Å². The fourth-order valence-electron chi connectivity index (χ4n) is 2.04. The number of rotatable bonds is 1. The number of nitrogen functional groups attached to an aromatic ring is 1. The van der Waals surface area contributed by atoms with Crippen molar-refractivity contribution in [3.05, 3.63) is 17.8 Å². The van der Waals surface area contributed by atoms with E-state index in [4.69, 9.17) is 5.73 Å². The zero-order valence-electron chi connectivity index (χ0n) is 10.4. The molecule has 0 aliphatic carbocycles. The predicted molar refractivity (Wildman–Crippen MR) is 67.8 cm³/mol. The van der Waals surface area contributed by atoms with Crippen LogP contribution in [0.3, 0.4) is 0 Å². The molecule has 0 atom stereocenters. The van der Waals surface area contributed by atoms with Gasteiger partial charge >= 0.3 is 0 Å². The van der Waals surface area contributed by atoms with Gasteiger partial charge in [0.15, 0.2) is 5.82 Å². The smallest absolute Gasteiger partial charge is 0.245 e. The summed E-state index contributed by atoms with van der Waals surface area (Å²) in [7, 11) is 0. The maximum Gasteiger partial charge on any atom is 0.245 e. The Morgan fingerprint density at radius 3 is 2.88 bits per heavy atom. The summed E-state index contributed by atoms with van der Waals surface area (Å²) >= 11 is 0. The van der Waals surface area contributed by atoms with Crippen LogP contribution in [0, 0.1) is 6.92 Å². The van der Waals surface area contributed by atoms with Crippen molar-refractivity contribution in [1.82, 2.24) is 10.3 Å². The van der Waals surface area contributed by atoms with Crippen molar-refractivity contribution in [2.45, 2.75) is 26.3 Å². The molecule has 0 bridgehead atoms.